The molecule has 4 atom stereocenters. The van der Waals surface area contributed by atoms with Crippen LogP contribution >= 0.6 is 7.82 Å². The largest absolute Gasteiger partial charge is 0.469 e. The van der Waals surface area contributed by atoms with E-state index >= 15 is 0 Å². The topological polar surface area (TPSA) is 176 Å². The Labute approximate surface area is 134 Å². The second-order valence-electron chi connectivity index (χ2n) is 5.02. The number of ether oxygens (including phenoxy) is 1. The highest BCUT2D eigenvalue weighted by Gasteiger charge is 2.47. The zero-order chi connectivity index (χ0) is 18.2. The second-order valence-corrected chi connectivity index (χ2v) is 6.26. The van der Waals surface area contributed by atoms with Crippen molar-refractivity contribution in [1.29, 1.82) is 0 Å². The Hall–Kier alpha value is -1.84. The van der Waals surface area contributed by atoms with Crippen LogP contribution in [0.25, 0.3) is 4.85 Å². The van der Waals surface area contributed by atoms with E-state index in [4.69, 9.17) is 21.1 Å². The van der Waals surface area contributed by atoms with Crippen molar-refractivity contribution in [2.24, 2.45) is 0 Å². The number of phosphoric ester groups is 1. The minimum absolute atomic E-state index is 0.0928. The van der Waals surface area contributed by atoms with Crippen LogP contribution in [0.1, 0.15) is 11.8 Å². The summed E-state index contributed by atoms with van der Waals surface area (Å²) in [6.45, 7) is 7.62. The van der Waals surface area contributed by atoms with E-state index in [9.17, 15) is 24.4 Å². The Morgan fingerprint density at radius 1 is 1.38 bits per heavy atom. The monoisotopic (exact) mass is 363 g/mol. The van der Waals surface area contributed by atoms with Gasteiger partial charge in [-0.15, -0.1) is 0 Å². The molecule has 0 aliphatic carbocycles. The van der Waals surface area contributed by atoms with Gasteiger partial charge in [-0.2, -0.15) is 0 Å². The van der Waals surface area contributed by atoms with Crippen molar-refractivity contribution in [3.05, 3.63) is 37.8 Å². The van der Waals surface area contributed by atoms with Gasteiger partial charge in [-0.05, 0) is 6.92 Å². The molecule has 24 heavy (non-hydrogen) atoms. The molecular weight excluding hydrogens is 349 g/mol. The van der Waals surface area contributed by atoms with E-state index in [0.717, 1.165) is 0 Å². The first-order valence-electron chi connectivity index (χ1n) is 6.51. The zero-order valence-electron chi connectivity index (χ0n) is 12.2. The average Bonchev–Trinajstić information content (AvgIpc) is 2.76. The maximum absolute atomic E-state index is 12.0. The highest BCUT2D eigenvalue weighted by atomic mass is 31.2. The van der Waals surface area contributed by atoms with E-state index < -0.39 is 56.0 Å². The van der Waals surface area contributed by atoms with Crippen molar-refractivity contribution < 1.29 is 33.8 Å². The summed E-state index contributed by atoms with van der Waals surface area (Å²) in [4.78, 5) is 45.8. The number of H-pyrrole nitrogens is 1. The van der Waals surface area contributed by atoms with Gasteiger partial charge in [0.2, 0.25) is 17.6 Å². The van der Waals surface area contributed by atoms with Crippen LogP contribution in [0.2, 0.25) is 0 Å². The van der Waals surface area contributed by atoms with E-state index in [1.807, 2.05) is 4.98 Å². The maximum atomic E-state index is 12.0. The number of rotatable bonds is 4. The van der Waals surface area contributed by atoms with Crippen molar-refractivity contribution in [3.8, 4) is 0 Å². The Bertz CT molecular complexity index is 835. The molecule has 0 spiro atoms. The minimum Gasteiger partial charge on any atom is -0.387 e. The van der Waals surface area contributed by atoms with Gasteiger partial charge in [0.15, 0.2) is 0 Å². The fourth-order valence-electron chi connectivity index (χ4n) is 2.25. The lowest BCUT2D eigenvalue weighted by atomic mass is 10.1. The van der Waals surface area contributed by atoms with Crippen molar-refractivity contribution >= 4 is 13.6 Å². The molecule has 1 aromatic heterocycles. The van der Waals surface area contributed by atoms with Crippen LogP contribution in [0, 0.1) is 13.5 Å². The van der Waals surface area contributed by atoms with Crippen LogP contribution in [0.5, 0.6) is 0 Å². The fraction of sp³-hybridized carbons (Fsp3) is 0.545. The highest BCUT2D eigenvalue weighted by Crippen LogP contribution is 2.38. The third kappa shape index (κ3) is 3.47. The molecule has 0 radical (unpaired) electrons. The molecule has 132 valence electrons. The molecule has 0 saturated carbocycles. The SMILES string of the molecule is [C-]#[N+]c1c(C)c(=O)[nH]c(=O)n1[C@@H]1O[C@H](COP(=O)(O)O)[C@@H](O)[C@H]1O. The molecular formula is C11H14N3O9P. The van der Waals surface area contributed by atoms with Crippen LogP contribution in [-0.2, 0) is 13.8 Å². The Morgan fingerprint density at radius 3 is 2.54 bits per heavy atom. The number of aromatic amines is 1. The molecule has 0 amide bonds. The lowest BCUT2D eigenvalue weighted by molar-refractivity contribution is -0.0531. The Morgan fingerprint density at radius 2 is 2.00 bits per heavy atom. The van der Waals surface area contributed by atoms with Crippen LogP contribution in [0.4, 0.5) is 5.82 Å². The molecule has 1 aromatic rings. The second kappa shape index (κ2) is 6.58. The molecule has 13 heteroatoms. The molecule has 0 aromatic carbocycles. The van der Waals surface area contributed by atoms with Crippen molar-refractivity contribution in [2.45, 2.75) is 31.5 Å². The van der Waals surface area contributed by atoms with Gasteiger partial charge in [-0.1, -0.05) is 6.57 Å². The number of aromatic nitrogens is 2. The van der Waals surface area contributed by atoms with E-state index in [1.165, 1.54) is 6.92 Å². The lowest BCUT2D eigenvalue weighted by Gasteiger charge is -2.16. The fourth-order valence-corrected chi connectivity index (χ4v) is 2.60. The zero-order valence-corrected chi connectivity index (χ0v) is 13.1. The van der Waals surface area contributed by atoms with E-state index in [-0.39, 0.29) is 5.56 Å². The highest BCUT2D eigenvalue weighted by molar-refractivity contribution is 7.46. The summed E-state index contributed by atoms with van der Waals surface area (Å²) in [5, 5.41) is 19.9. The van der Waals surface area contributed by atoms with Gasteiger partial charge in [0.1, 0.15) is 18.3 Å². The average molecular weight is 363 g/mol. The Kier molecular flexibility index (Phi) is 5.07. The summed E-state index contributed by atoms with van der Waals surface area (Å²) >= 11 is 0. The van der Waals surface area contributed by atoms with Crippen LogP contribution in [-0.4, -0.2) is 54.5 Å². The van der Waals surface area contributed by atoms with Gasteiger partial charge in [-0.25, -0.2) is 13.9 Å². The normalized spacial score (nSPS) is 27.2. The van der Waals surface area contributed by atoms with Crippen LogP contribution < -0.4 is 11.2 Å². The molecule has 0 bridgehead atoms. The predicted molar refractivity (Wildman–Crippen MR) is 76.2 cm³/mol. The molecule has 1 aliphatic rings. The van der Waals surface area contributed by atoms with Crippen molar-refractivity contribution in [1.82, 2.24) is 9.55 Å². The first-order chi connectivity index (χ1) is 11.1. The summed E-state index contributed by atoms with van der Waals surface area (Å²) in [5.41, 5.74) is -1.91. The number of nitrogens with one attached hydrogen (secondary N) is 1. The molecule has 1 saturated heterocycles. The standard InChI is InChI=1S/C11H14N3O9P/c1-4-8(12-2)14(11(18)13-9(4)17)10-7(16)6(15)5(23-10)3-22-24(19,20)21/h5-7,10,15-16H,3H2,1H3,(H,13,17,18)(H2,19,20,21)/t5-,6-,7-,10-/m1/s1. The lowest BCUT2D eigenvalue weighted by Crippen LogP contribution is -2.38. The van der Waals surface area contributed by atoms with Gasteiger partial charge in [0, 0.05) is 5.56 Å². The molecule has 12 nitrogen and oxygen atoms in total. The summed E-state index contributed by atoms with van der Waals surface area (Å²) in [6.07, 6.45) is -6.24. The minimum atomic E-state index is -4.83. The number of hydrogen-bond donors (Lipinski definition) is 5. The first-order valence-corrected chi connectivity index (χ1v) is 8.04. The van der Waals surface area contributed by atoms with Gasteiger partial charge in [-0.3, -0.25) is 14.3 Å². The number of aliphatic hydroxyl groups is 2. The molecule has 2 rings (SSSR count). The molecule has 0 unspecified atom stereocenters. The van der Waals surface area contributed by atoms with E-state index in [0.29, 0.717) is 4.57 Å². The predicted octanol–water partition coefficient (Wildman–Crippen LogP) is -1.88. The number of nitrogens with zero attached hydrogens (tertiary/aromatic N) is 2. The molecule has 1 aliphatic heterocycles. The molecule has 5 N–H and O–H groups in total. The van der Waals surface area contributed by atoms with Gasteiger partial charge in [0.25, 0.3) is 0 Å². The summed E-state index contributed by atoms with van der Waals surface area (Å²) in [6, 6.07) is 0. The quantitative estimate of drug-likeness (QED) is 0.303. The van der Waals surface area contributed by atoms with E-state index in [1.54, 1.807) is 0 Å². The van der Waals surface area contributed by atoms with Crippen molar-refractivity contribution in [2.75, 3.05) is 6.61 Å². The number of aliphatic hydroxyl groups excluding tert-OH is 2. The molecule has 2 heterocycles. The summed E-state index contributed by atoms with van der Waals surface area (Å²) < 4.78 is 20.8. The van der Waals surface area contributed by atoms with Crippen LogP contribution in [0.3, 0.4) is 0 Å². The van der Waals surface area contributed by atoms with E-state index in [2.05, 4.69) is 9.37 Å². The summed E-state index contributed by atoms with van der Waals surface area (Å²) in [5.74, 6) is -0.392. The maximum Gasteiger partial charge on any atom is 0.469 e. The van der Waals surface area contributed by atoms with Gasteiger partial charge in [0.05, 0.1) is 6.61 Å². The molecule has 1 fully saturated rings. The smallest absolute Gasteiger partial charge is 0.387 e. The first kappa shape index (κ1) is 18.5. The number of phosphoric acid groups is 1. The number of hydrogen-bond acceptors (Lipinski definition) is 7. The third-order valence-electron chi connectivity index (χ3n) is 3.45. The van der Waals surface area contributed by atoms with Crippen molar-refractivity contribution in [3.63, 3.8) is 0 Å². The summed E-state index contributed by atoms with van der Waals surface area (Å²) in [7, 11) is -4.83. The third-order valence-corrected chi connectivity index (χ3v) is 3.93. The van der Waals surface area contributed by atoms with Crippen LogP contribution in [0.15, 0.2) is 9.59 Å². The Balaban J connectivity index is 2.39. The van der Waals surface area contributed by atoms with Gasteiger partial charge < -0.3 is 29.6 Å². The van der Waals surface area contributed by atoms with Gasteiger partial charge >= 0.3 is 13.5 Å².